The van der Waals surface area contributed by atoms with Crippen LogP contribution < -0.4 is 10.6 Å². The monoisotopic (exact) mass is 196 g/mol. The normalized spacial score (nSPS) is 27.8. The first-order chi connectivity index (χ1) is 6.57. The van der Waals surface area contributed by atoms with Gasteiger partial charge in [0.05, 0.1) is 5.54 Å². The third-order valence-corrected chi connectivity index (χ3v) is 2.65. The lowest BCUT2D eigenvalue weighted by Crippen LogP contribution is -2.47. The molecule has 1 aliphatic heterocycles. The van der Waals surface area contributed by atoms with Crippen LogP contribution in [-0.2, 0) is 4.79 Å². The van der Waals surface area contributed by atoms with Crippen LogP contribution in [-0.4, -0.2) is 24.5 Å². The minimum atomic E-state index is -0.0556. The Hall–Kier alpha value is -0.830. The summed E-state index contributed by atoms with van der Waals surface area (Å²) in [6.07, 6.45) is 3.88. The fraction of sp³-hybridized carbons (Fsp3) is 0.727. The Morgan fingerprint density at radius 3 is 2.86 bits per heavy atom. The fourth-order valence-corrected chi connectivity index (χ4v) is 1.70. The zero-order chi connectivity index (χ0) is 10.6. The van der Waals surface area contributed by atoms with E-state index in [9.17, 15) is 4.79 Å². The molecule has 0 aromatic carbocycles. The maximum absolute atomic E-state index is 11.7. The topological polar surface area (TPSA) is 41.1 Å². The molecular formula is C11H20N2O. The molecule has 0 aliphatic carbocycles. The van der Waals surface area contributed by atoms with E-state index in [1.807, 2.05) is 19.9 Å². The van der Waals surface area contributed by atoms with Crippen molar-refractivity contribution in [2.45, 2.75) is 39.2 Å². The van der Waals surface area contributed by atoms with Crippen LogP contribution in [0.25, 0.3) is 0 Å². The molecule has 3 heteroatoms. The van der Waals surface area contributed by atoms with Crippen LogP contribution in [0.4, 0.5) is 0 Å². The van der Waals surface area contributed by atoms with Crippen LogP contribution in [0.3, 0.4) is 0 Å². The van der Waals surface area contributed by atoms with Gasteiger partial charge in [0, 0.05) is 12.1 Å². The third kappa shape index (κ3) is 2.84. The van der Waals surface area contributed by atoms with Gasteiger partial charge in [-0.25, -0.2) is 0 Å². The first kappa shape index (κ1) is 11.2. The fourth-order valence-electron chi connectivity index (χ4n) is 1.70. The van der Waals surface area contributed by atoms with Crippen molar-refractivity contribution in [2.75, 3.05) is 13.1 Å². The molecule has 3 nitrogen and oxygen atoms in total. The second-order valence-electron chi connectivity index (χ2n) is 4.24. The van der Waals surface area contributed by atoms with Gasteiger partial charge in [0.25, 0.3) is 0 Å². The Morgan fingerprint density at radius 2 is 2.36 bits per heavy atom. The van der Waals surface area contributed by atoms with Crippen molar-refractivity contribution < 1.29 is 4.79 Å². The molecule has 80 valence electrons. The molecule has 1 rings (SSSR count). The van der Waals surface area contributed by atoms with Crippen molar-refractivity contribution in [3.8, 4) is 0 Å². The molecule has 0 aromatic heterocycles. The van der Waals surface area contributed by atoms with Gasteiger partial charge in [0.2, 0.25) is 5.91 Å². The summed E-state index contributed by atoms with van der Waals surface area (Å²) >= 11 is 0. The standard InChI is InChI=1S/C11H20N2O/c1-4-5-9(2)10(14)13-11(3)6-7-12-8-11/h5,12H,4,6-8H2,1-3H3,(H,13,14)/b9-5-. The van der Waals surface area contributed by atoms with Crippen molar-refractivity contribution in [1.82, 2.24) is 10.6 Å². The van der Waals surface area contributed by atoms with E-state index >= 15 is 0 Å². The second-order valence-corrected chi connectivity index (χ2v) is 4.24. The lowest BCUT2D eigenvalue weighted by molar-refractivity contribution is -0.119. The number of rotatable bonds is 3. The molecule has 1 amide bonds. The summed E-state index contributed by atoms with van der Waals surface area (Å²) in [5.41, 5.74) is 0.764. The predicted molar refractivity (Wildman–Crippen MR) is 58.1 cm³/mol. The smallest absolute Gasteiger partial charge is 0.247 e. The summed E-state index contributed by atoms with van der Waals surface area (Å²) in [4.78, 5) is 11.7. The molecule has 0 spiro atoms. The molecule has 0 radical (unpaired) electrons. The van der Waals surface area contributed by atoms with E-state index in [1.165, 1.54) is 0 Å². The van der Waals surface area contributed by atoms with Gasteiger partial charge in [-0.15, -0.1) is 0 Å². The summed E-state index contributed by atoms with van der Waals surface area (Å²) < 4.78 is 0. The molecule has 2 N–H and O–H groups in total. The van der Waals surface area contributed by atoms with E-state index in [4.69, 9.17) is 0 Å². The van der Waals surface area contributed by atoms with Gasteiger partial charge in [0.15, 0.2) is 0 Å². The molecule has 14 heavy (non-hydrogen) atoms. The maximum Gasteiger partial charge on any atom is 0.247 e. The van der Waals surface area contributed by atoms with E-state index in [-0.39, 0.29) is 11.4 Å². The number of amides is 1. The van der Waals surface area contributed by atoms with Crippen LogP contribution in [0.2, 0.25) is 0 Å². The minimum Gasteiger partial charge on any atom is -0.346 e. The van der Waals surface area contributed by atoms with Gasteiger partial charge < -0.3 is 10.6 Å². The molecule has 1 saturated heterocycles. The Balaban J connectivity index is 2.51. The number of hydrogen-bond acceptors (Lipinski definition) is 2. The molecule has 1 atom stereocenters. The van der Waals surface area contributed by atoms with Gasteiger partial charge >= 0.3 is 0 Å². The van der Waals surface area contributed by atoms with Gasteiger partial charge in [-0.2, -0.15) is 0 Å². The van der Waals surface area contributed by atoms with Crippen LogP contribution in [0.1, 0.15) is 33.6 Å². The number of allylic oxidation sites excluding steroid dienone is 1. The van der Waals surface area contributed by atoms with E-state index in [0.717, 1.165) is 31.5 Å². The first-order valence-electron chi connectivity index (χ1n) is 5.27. The van der Waals surface area contributed by atoms with E-state index in [2.05, 4.69) is 17.6 Å². The Morgan fingerprint density at radius 1 is 1.64 bits per heavy atom. The molecule has 1 fully saturated rings. The zero-order valence-electron chi connectivity index (χ0n) is 9.31. The Kier molecular flexibility index (Phi) is 3.69. The lowest BCUT2D eigenvalue weighted by Gasteiger charge is -2.24. The molecule has 1 heterocycles. The highest BCUT2D eigenvalue weighted by atomic mass is 16.1. The number of carbonyl (C=O) groups excluding carboxylic acids is 1. The SMILES string of the molecule is CC/C=C(/C)C(=O)NC1(C)CCNC1. The van der Waals surface area contributed by atoms with Crippen LogP contribution in [0.5, 0.6) is 0 Å². The molecule has 0 aromatic rings. The second kappa shape index (κ2) is 4.60. The van der Waals surface area contributed by atoms with Gasteiger partial charge in [-0.1, -0.05) is 13.0 Å². The van der Waals surface area contributed by atoms with Crippen LogP contribution in [0, 0.1) is 0 Å². The average Bonchev–Trinajstić information content (AvgIpc) is 2.52. The van der Waals surface area contributed by atoms with Crippen molar-refractivity contribution in [3.63, 3.8) is 0 Å². The number of nitrogens with one attached hydrogen (secondary N) is 2. The largest absolute Gasteiger partial charge is 0.346 e. The molecular weight excluding hydrogens is 176 g/mol. The van der Waals surface area contributed by atoms with Gasteiger partial charge in [0.1, 0.15) is 0 Å². The summed E-state index contributed by atoms with van der Waals surface area (Å²) in [6, 6.07) is 0. The quantitative estimate of drug-likeness (QED) is 0.666. The van der Waals surface area contributed by atoms with Crippen molar-refractivity contribution in [3.05, 3.63) is 11.6 Å². The molecule has 0 bridgehead atoms. The number of hydrogen-bond donors (Lipinski definition) is 2. The highest BCUT2D eigenvalue weighted by molar-refractivity contribution is 5.93. The highest BCUT2D eigenvalue weighted by Crippen LogP contribution is 2.13. The summed E-state index contributed by atoms with van der Waals surface area (Å²) in [5, 5.41) is 6.33. The molecule has 1 unspecified atom stereocenters. The number of carbonyl (C=O) groups is 1. The summed E-state index contributed by atoms with van der Waals surface area (Å²) in [7, 11) is 0. The lowest BCUT2D eigenvalue weighted by atomic mass is 10.0. The Labute approximate surface area is 86.0 Å². The summed E-state index contributed by atoms with van der Waals surface area (Å²) in [5.74, 6) is 0.0676. The van der Waals surface area contributed by atoms with E-state index in [0.29, 0.717) is 0 Å². The Bertz CT molecular complexity index is 240. The molecule has 1 aliphatic rings. The van der Waals surface area contributed by atoms with E-state index in [1.54, 1.807) is 0 Å². The van der Waals surface area contributed by atoms with Gasteiger partial charge in [-0.3, -0.25) is 4.79 Å². The average molecular weight is 196 g/mol. The van der Waals surface area contributed by atoms with Crippen molar-refractivity contribution in [2.24, 2.45) is 0 Å². The summed E-state index contributed by atoms with van der Waals surface area (Å²) in [6.45, 7) is 7.86. The molecule has 0 saturated carbocycles. The highest BCUT2D eigenvalue weighted by Gasteiger charge is 2.29. The minimum absolute atomic E-state index is 0.0556. The predicted octanol–water partition coefficient (Wildman–Crippen LogP) is 1.21. The van der Waals surface area contributed by atoms with E-state index < -0.39 is 0 Å². The zero-order valence-corrected chi connectivity index (χ0v) is 9.31. The van der Waals surface area contributed by atoms with Gasteiger partial charge in [-0.05, 0) is 33.2 Å². The van der Waals surface area contributed by atoms with Crippen LogP contribution in [0.15, 0.2) is 11.6 Å². The third-order valence-electron chi connectivity index (χ3n) is 2.65. The first-order valence-corrected chi connectivity index (χ1v) is 5.27. The van der Waals surface area contributed by atoms with Crippen LogP contribution >= 0.6 is 0 Å². The maximum atomic E-state index is 11.7. The van der Waals surface area contributed by atoms with Crippen molar-refractivity contribution >= 4 is 5.91 Å². The van der Waals surface area contributed by atoms with Crippen molar-refractivity contribution in [1.29, 1.82) is 0 Å².